The van der Waals surface area contributed by atoms with Gasteiger partial charge in [0.15, 0.2) is 0 Å². The predicted molar refractivity (Wildman–Crippen MR) is 74.5 cm³/mol. The molecule has 0 radical (unpaired) electrons. The molecule has 3 nitrogen and oxygen atoms in total. The van der Waals surface area contributed by atoms with E-state index in [0.29, 0.717) is 24.9 Å². The minimum absolute atomic E-state index is 0.123. The standard InChI is InChI=1S/C16H26O3/c1-19-16(18)7-5-3-2-4-6-14-12-8-9-13(10-12)15(14)11-17/h2,4,12-15,17H,3,5-11H2,1H3/b4-2-/t12-,13+,14-,15+/m0/s1. The Morgan fingerprint density at radius 3 is 2.68 bits per heavy atom. The van der Waals surface area contributed by atoms with Crippen molar-refractivity contribution >= 4 is 5.97 Å². The van der Waals surface area contributed by atoms with Crippen molar-refractivity contribution in [1.82, 2.24) is 0 Å². The van der Waals surface area contributed by atoms with Crippen LogP contribution in [0.25, 0.3) is 0 Å². The van der Waals surface area contributed by atoms with E-state index in [1.165, 1.54) is 26.4 Å². The largest absolute Gasteiger partial charge is 0.469 e. The van der Waals surface area contributed by atoms with Gasteiger partial charge in [0.2, 0.25) is 0 Å². The number of unbranched alkanes of at least 4 members (excludes halogenated alkanes) is 1. The van der Waals surface area contributed by atoms with E-state index in [-0.39, 0.29) is 5.97 Å². The highest BCUT2D eigenvalue weighted by atomic mass is 16.5. The van der Waals surface area contributed by atoms with Crippen molar-refractivity contribution in [3.63, 3.8) is 0 Å². The van der Waals surface area contributed by atoms with E-state index >= 15 is 0 Å². The summed E-state index contributed by atoms with van der Waals surface area (Å²) in [6, 6.07) is 0. The second kappa shape index (κ2) is 7.09. The molecule has 0 aromatic heterocycles. The first-order valence-electron chi connectivity index (χ1n) is 7.59. The van der Waals surface area contributed by atoms with Crippen molar-refractivity contribution in [1.29, 1.82) is 0 Å². The van der Waals surface area contributed by atoms with Gasteiger partial charge in [0.05, 0.1) is 7.11 Å². The number of hydrogen-bond donors (Lipinski definition) is 1. The van der Waals surface area contributed by atoms with Gasteiger partial charge in [-0.25, -0.2) is 0 Å². The molecule has 0 amide bonds. The molecule has 108 valence electrons. The van der Waals surface area contributed by atoms with Gasteiger partial charge >= 0.3 is 5.97 Å². The van der Waals surface area contributed by atoms with Crippen LogP contribution in [0.4, 0.5) is 0 Å². The van der Waals surface area contributed by atoms with Crippen LogP contribution >= 0.6 is 0 Å². The number of fused-ring (bicyclic) bond motifs is 2. The highest BCUT2D eigenvalue weighted by molar-refractivity contribution is 5.68. The van der Waals surface area contributed by atoms with Crippen LogP contribution in [0, 0.1) is 23.7 Å². The Labute approximate surface area is 116 Å². The number of aliphatic hydroxyl groups excluding tert-OH is 1. The molecule has 2 aliphatic carbocycles. The van der Waals surface area contributed by atoms with Gasteiger partial charge in [-0.1, -0.05) is 12.2 Å². The average Bonchev–Trinajstić information content (AvgIpc) is 3.02. The Hall–Kier alpha value is -0.830. The maximum atomic E-state index is 10.9. The van der Waals surface area contributed by atoms with Gasteiger partial charge in [0, 0.05) is 13.0 Å². The van der Waals surface area contributed by atoms with Crippen LogP contribution in [0.1, 0.15) is 44.9 Å². The molecule has 0 aromatic rings. The lowest BCUT2D eigenvalue weighted by Gasteiger charge is -2.28. The molecule has 2 rings (SSSR count). The fourth-order valence-corrected chi connectivity index (χ4v) is 4.02. The summed E-state index contributed by atoms with van der Waals surface area (Å²) in [5.41, 5.74) is 0. The molecule has 0 aromatic carbocycles. The number of ether oxygens (including phenoxy) is 1. The fraction of sp³-hybridized carbons (Fsp3) is 0.812. The van der Waals surface area contributed by atoms with Crippen molar-refractivity contribution in [3.05, 3.63) is 12.2 Å². The van der Waals surface area contributed by atoms with E-state index in [0.717, 1.165) is 31.1 Å². The molecule has 19 heavy (non-hydrogen) atoms. The maximum Gasteiger partial charge on any atom is 0.305 e. The SMILES string of the molecule is COC(=O)CCC/C=C\C[C@H]1[C@H]2CC[C@H](C2)[C@H]1CO. The van der Waals surface area contributed by atoms with Crippen LogP contribution in [0.5, 0.6) is 0 Å². The van der Waals surface area contributed by atoms with Crippen LogP contribution in [0.2, 0.25) is 0 Å². The van der Waals surface area contributed by atoms with E-state index in [1.807, 2.05) is 0 Å². The van der Waals surface area contributed by atoms with Crippen molar-refractivity contribution in [3.8, 4) is 0 Å². The van der Waals surface area contributed by atoms with Crippen LogP contribution in [-0.4, -0.2) is 24.8 Å². The van der Waals surface area contributed by atoms with E-state index in [9.17, 15) is 9.90 Å². The van der Waals surface area contributed by atoms with Gasteiger partial charge in [0.1, 0.15) is 0 Å². The summed E-state index contributed by atoms with van der Waals surface area (Å²) in [6.45, 7) is 0.363. The van der Waals surface area contributed by atoms with Crippen molar-refractivity contribution in [2.45, 2.75) is 44.9 Å². The molecular formula is C16H26O3. The lowest BCUT2D eigenvalue weighted by molar-refractivity contribution is -0.140. The third-order valence-corrected chi connectivity index (χ3v) is 5.04. The molecule has 4 atom stereocenters. The Kier molecular flexibility index (Phi) is 5.44. The molecule has 1 N–H and O–H groups in total. The van der Waals surface area contributed by atoms with Crippen molar-refractivity contribution in [2.75, 3.05) is 13.7 Å². The Morgan fingerprint density at radius 2 is 2.00 bits per heavy atom. The Balaban J connectivity index is 1.66. The summed E-state index contributed by atoms with van der Waals surface area (Å²) >= 11 is 0. The monoisotopic (exact) mass is 266 g/mol. The summed E-state index contributed by atoms with van der Waals surface area (Å²) in [6.07, 6.45) is 11.9. The van der Waals surface area contributed by atoms with Gasteiger partial charge in [-0.2, -0.15) is 0 Å². The summed E-state index contributed by atoms with van der Waals surface area (Å²) < 4.78 is 4.61. The lowest BCUT2D eigenvalue weighted by Crippen LogP contribution is -2.24. The second-order valence-corrected chi connectivity index (χ2v) is 6.02. The van der Waals surface area contributed by atoms with Crippen LogP contribution < -0.4 is 0 Å². The molecule has 2 aliphatic rings. The highest BCUT2D eigenvalue weighted by Crippen LogP contribution is 2.53. The first-order chi connectivity index (χ1) is 9.26. The lowest BCUT2D eigenvalue weighted by atomic mass is 9.78. The molecule has 0 unspecified atom stereocenters. The van der Waals surface area contributed by atoms with Crippen LogP contribution in [-0.2, 0) is 9.53 Å². The fourth-order valence-electron chi connectivity index (χ4n) is 4.02. The third kappa shape index (κ3) is 3.59. The number of esters is 1. The molecule has 0 saturated heterocycles. The van der Waals surface area contributed by atoms with E-state index < -0.39 is 0 Å². The highest BCUT2D eigenvalue weighted by Gasteiger charge is 2.46. The van der Waals surface area contributed by atoms with Gasteiger partial charge in [0.25, 0.3) is 0 Å². The first-order valence-corrected chi connectivity index (χ1v) is 7.59. The maximum absolute atomic E-state index is 10.9. The normalized spacial score (nSPS) is 33.2. The van der Waals surface area contributed by atoms with Crippen LogP contribution in [0.15, 0.2) is 12.2 Å². The number of hydrogen-bond acceptors (Lipinski definition) is 3. The molecule has 2 bridgehead atoms. The predicted octanol–water partition coefficient (Wildman–Crippen LogP) is 2.93. The molecule has 2 saturated carbocycles. The molecule has 3 heteroatoms. The Bertz CT molecular complexity index is 324. The zero-order chi connectivity index (χ0) is 13.7. The molecular weight excluding hydrogens is 240 g/mol. The summed E-state index contributed by atoms with van der Waals surface area (Å²) in [4.78, 5) is 10.9. The molecule has 0 heterocycles. The average molecular weight is 266 g/mol. The molecule has 0 spiro atoms. The number of aliphatic hydroxyl groups is 1. The zero-order valence-corrected chi connectivity index (χ0v) is 11.9. The Morgan fingerprint density at radius 1 is 1.26 bits per heavy atom. The van der Waals surface area contributed by atoms with Gasteiger partial charge < -0.3 is 9.84 Å². The minimum Gasteiger partial charge on any atom is -0.469 e. The van der Waals surface area contributed by atoms with Crippen molar-refractivity contribution < 1.29 is 14.6 Å². The topological polar surface area (TPSA) is 46.5 Å². The zero-order valence-electron chi connectivity index (χ0n) is 11.9. The summed E-state index contributed by atoms with van der Waals surface area (Å²) in [5, 5.41) is 9.51. The summed E-state index contributed by atoms with van der Waals surface area (Å²) in [5.74, 6) is 2.75. The summed E-state index contributed by atoms with van der Waals surface area (Å²) in [7, 11) is 1.43. The number of carbonyl (C=O) groups excluding carboxylic acids is 1. The number of allylic oxidation sites excluding steroid dienone is 2. The number of rotatable bonds is 7. The van der Waals surface area contributed by atoms with Gasteiger partial charge in [-0.05, 0) is 62.2 Å². The van der Waals surface area contributed by atoms with Crippen LogP contribution in [0.3, 0.4) is 0 Å². The van der Waals surface area contributed by atoms with E-state index in [4.69, 9.17) is 0 Å². The van der Waals surface area contributed by atoms with E-state index in [2.05, 4.69) is 16.9 Å². The molecule has 0 aliphatic heterocycles. The molecule has 2 fully saturated rings. The second-order valence-electron chi connectivity index (χ2n) is 6.02. The quantitative estimate of drug-likeness (QED) is 0.438. The van der Waals surface area contributed by atoms with Gasteiger partial charge in [-0.3, -0.25) is 4.79 Å². The number of carbonyl (C=O) groups is 1. The minimum atomic E-state index is -0.123. The smallest absolute Gasteiger partial charge is 0.305 e. The third-order valence-electron chi connectivity index (χ3n) is 5.04. The van der Waals surface area contributed by atoms with Crippen molar-refractivity contribution in [2.24, 2.45) is 23.7 Å². The van der Waals surface area contributed by atoms with E-state index in [1.54, 1.807) is 0 Å². The van der Waals surface area contributed by atoms with Gasteiger partial charge in [-0.15, -0.1) is 0 Å². The first kappa shape index (κ1) is 14.6. The number of methoxy groups -OCH3 is 1.